The molecule has 16 heavy (non-hydrogen) atoms. The van der Waals surface area contributed by atoms with Crippen molar-refractivity contribution in [2.45, 2.75) is 31.7 Å². The number of nitrogens with one attached hydrogen (secondary N) is 1. The van der Waals surface area contributed by atoms with Gasteiger partial charge in [0.2, 0.25) is 5.91 Å². The van der Waals surface area contributed by atoms with Crippen LogP contribution in [0.5, 0.6) is 0 Å². The lowest BCUT2D eigenvalue weighted by molar-refractivity contribution is -0.127. The lowest BCUT2D eigenvalue weighted by Crippen LogP contribution is -2.27. The summed E-state index contributed by atoms with van der Waals surface area (Å²) in [5.41, 5.74) is 1.26. The lowest BCUT2D eigenvalue weighted by atomic mass is 10.1. The van der Waals surface area contributed by atoms with Gasteiger partial charge in [-0.05, 0) is 18.9 Å². The van der Waals surface area contributed by atoms with Crippen molar-refractivity contribution in [3.05, 3.63) is 35.9 Å². The molecule has 1 saturated carbocycles. The van der Waals surface area contributed by atoms with Crippen molar-refractivity contribution < 1.29 is 9.59 Å². The molecule has 0 heterocycles. The third-order valence-corrected chi connectivity index (χ3v) is 2.77. The van der Waals surface area contributed by atoms with E-state index in [2.05, 4.69) is 17.4 Å². The van der Waals surface area contributed by atoms with Crippen LogP contribution in [0, 0.1) is 0 Å². The highest BCUT2D eigenvalue weighted by Gasteiger charge is 2.39. The quantitative estimate of drug-likeness (QED) is 0.779. The van der Waals surface area contributed by atoms with Crippen LogP contribution in [0.1, 0.15) is 31.2 Å². The molecule has 2 unspecified atom stereocenters. The molecule has 0 bridgehead atoms. The molecule has 1 aliphatic rings. The third kappa shape index (κ3) is 2.69. The number of hydrogen-bond acceptors (Lipinski definition) is 2. The summed E-state index contributed by atoms with van der Waals surface area (Å²) < 4.78 is 0. The fourth-order valence-electron chi connectivity index (χ4n) is 1.91. The summed E-state index contributed by atoms with van der Waals surface area (Å²) in [4.78, 5) is 22.1. The molecule has 1 amide bonds. The van der Waals surface area contributed by atoms with E-state index in [9.17, 15) is 9.59 Å². The zero-order valence-electron chi connectivity index (χ0n) is 9.27. The van der Waals surface area contributed by atoms with E-state index in [1.165, 1.54) is 12.5 Å². The Morgan fingerprint density at radius 3 is 2.62 bits per heavy atom. The summed E-state index contributed by atoms with van der Waals surface area (Å²) in [6, 6.07) is 10.3. The molecule has 0 aromatic heterocycles. The van der Waals surface area contributed by atoms with Gasteiger partial charge in [-0.25, -0.2) is 0 Å². The molecule has 1 aromatic rings. The molecule has 0 spiro atoms. The molecule has 0 saturated heterocycles. The summed E-state index contributed by atoms with van der Waals surface area (Å²) >= 11 is 0. The molecule has 1 fully saturated rings. The van der Waals surface area contributed by atoms with Crippen LogP contribution in [-0.2, 0) is 9.59 Å². The largest absolute Gasteiger partial charge is 0.352 e. The predicted molar refractivity (Wildman–Crippen MR) is 61.0 cm³/mol. The Morgan fingerprint density at radius 2 is 2.00 bits per heavy atom. The smallest absolute Gasteiger partial charge is 0.227 e. The van der Waals surface area contributed by atoms with Gasteiger partial charge in [0, 0.05) is 12.0 Å². The minimum atomic E-state index is -0.157. The summed E-state index contributed by atoms with van der Waals surface area (Å²) in [7, 11) is 0. The van der Waals surface area contributed by atoms with Crippen molar-refractivity contribution in [3.63, 3.8) is 0 Å². The van der Waals surface area contributed by atoms with Crippen molar-refractivity contribution >= 4 is 11.7 Å². The highest BCUT2D eigenvalue weighted by Crippen LogP contribution is 2.40. The van der Waals surface area contributed by atoms with Crippen LogP contribution in [0.15, 0.2) is 30.3 Å². The third-order valence-electron chi connectivity index (χ3n) is 2.77. The van der Waals surface area contributed by atoms with Gasteiger partial charge < -0.3 is 5.32 Å². The van der Waals surface area contributed by atoms with Crippen LogP contribution in [-0.4, -0.2) is 17.7 Å². The highest BCUT2D eigenvalue weighted by atomic mass is 16.2. The lowest BCUT2D eigenvalue weighted by Gasteiger charge is -2.03. The maximum Gasteiger partial charge on any atom is 0.227 e. The second-order valence-electron chi connectivity index (χ2n) is 4.31. The Bertz CT molecular complexity index is 400. The van der Waals surface area contributed by atoms with Gasteiger partial charge in [0.05, 0.1) is 6.42 Å². The first-order valence-corrected chi connectivity index (χ1v) is 5.50. The Kier molecular flexibility index (Phi) is 3.04. The molecule has 3 heteroatoms. The number of amides is 1. The molecule has 0 radical (unpaired) electrons. The second kappa shape index (κ2) is 4.47. The van der Waals surface area contributed by atoms with E-state index < -0.39 is 0 Å². The van der Waals surface area contributed by atoms with Gasteiger partial charge in [-0.3, -0.25) is 9.59 Å². The SMILES string of the molecule is CC(=O)CC(=O)NC1CC1c1ccccc1. The van der Waals surface area contributed by atoms with E-state index in [1.807, 2.05) is 18.2 Å². The molecule has 3 nitrogen and oxygen atoms in total. The summed E-state index contributed by atoms with van der Waals surface area (Å²) in [6.45, 7) is 1.43. The highest BCUT2D eigenvalue weighted by molar-refractivity contribution is 5.97. The Hall–Kier alpha value is -1.64. The standard InChI is InChI=1S/C13H15NO2/c1-9(15)7-13(16)14-12-8-11(12)10-5-3-2-4-6-10/h2-6,11-12H,7-8H2,1H3,(H,14,16). The normalized spacial score (nSPS) is 22.6. The van der Waals surface area contributed by atoms with E-state index in [0.717, 1.165) is 6.42 Å². The minimum Gasteiger partial charge on any atom is -0.352 e. The van der Waals surface area contributed by atoms with Gasteiger partial charge >= 0.3 is 0 Å². The van der Waals surface area contributed by atoms with Crippen molar-refractivity contribution in [1.29, 1.82) is 0 Å². The predicted octanol–water partition coefficient (Wildman–Crippen LogP) is 1.64. The number of hydrogen-bond donors (Lipinski definition) is 1. The first kappa shape index (κ1) is 10.9. The molecule has 2 atom stereocenters. The zero-order chi connectivity index (χ0) is 11.5. The van der Waals surface area contributed by atoms with Crippen molar-refractivity contribution in [3.8, 4) is 0 Å². The molecular weight excluding hydrogens is 202 g/mol. The second-order valence-corrected chi connectivity index (χ2v) is 4.31. The Morgan fingerprint density at radius 1 is 1.31 bits per heavy atom. The van der Waals surface area contributed by atoms with E-state index in [1.54, 1.807) is 0 Å². The Balaban J connectivity index is 1.84. The van der Waals surface area contributed by atoms with Gasteiger partial charge in [0.25, 0.3) is 0 Å². The van der Waals surface area contributed by atoms with Gasteiger partial charge in [-0.1, -0.05) is 30.3 Å². The van der Waals surface area contributed by atoms with Crippen molar-refractivity contribution in [2.75, 3.05) is 0 Å². The fourth-order valence-corrected chi connectivity index (χ4v) is 1.91. The van der Waals surface area contributed by atoms with Gasteiger partial charge in [0.1, 0.15) is 5.78 Å². The van der Waals surface area contributed by atoms with Gasteiger partial charge in [-0.15, -0.1) is 0 Å². The summed E-state index contributed by atoms with van der Waals surface area (Å²) in [5, 5.41) is 2.87. The molecule has 84 valence electrons. The maximum atomic E-state index is 11.3. The molecule has 1 aromatic carbocycles. The number of rotatable bonds is 4. The fraction of sp³-hybridized carbons (Fsp3) is 0.385. The average molecular weight is 217 g/mol. The molecule has 0 aliphatic heterocycles. The van der Waals surface area contributed by atoms with Crippen molar-refractivity contribution in [1.82, 2.24) is 5.32 Å². The molecule has 2 rings (SSSR count). The summed E-state index contributed by atoms with van der Waals surface area (Å²) in [6.07, 6.45) is 0.978. The van der Waals surface area contributed by atoms with Crippen molar-refractivity contribution in [2.24, 2.45) is 0 Å². The molecule has 1 N–H and O–H groups in total. The van der Waals surface area contributed by atoms with Gasteiger partial charge in [-0.2, -0.15) is 0 Å². The monoisotopic (exact) mass is 217 g/mol. The Labute approximate surface area is 94.9 Å². The topological polar surface area (TPSA) is 46.2 Å². The minimum absolute atomic E-state index is 0.00197. The maximum absolute atomic E-state index is 11.3. The van der Waals surface area contributed by atoms with E-state index in [4.69, 9.17) is 0 Å². The summed E-state index contributed by atoms with van der Waals surface area (Å²) in [5.74, 6) is 0.183. The number of benzene rings is 1. The van der Waals surface area contributed by atoms with E-state index in [-0.39, 0.29) is 24.2 Å². The number of carbonyl (C=O) groups excluding carboxylic acids is 2. The first-order valence-electron chi connectivity index (χ1n) is 5.50. The van der Waals surface area contributed by atoms with E-state index >= 15 is 0 Å². The average Bonchev–Trinajstić information content (AvgIpc) is 2.97. The number of Topliss-reactive ketones (excluding diaryl/α,β-unsaturated/α-hetero) is 1. The number of carbonyl (C=O) groups is 2. The molecular formula is C13H15NO2. The van der Waals surface area contributed by atoms with Crippen LogP contribution in [0.3, 0.4) is 0 Å². The van der Waals surface area contributed by atoms with Crippen LogP contribution in [0.4, 0.5) is 0 Å². The zero-order valence-corrected chi connectivity index (χ0v) is 9.27. The van der Waals surface area contributed by atoms with E-state index in [0.29, 0.717) is 5.92 Å². The first-order chi connectivity index (χ1) is 7.66. The van der Waals surface area contributed by atoms with Crippen LogP contribution < -0.4 is 5.32 Å². The van der Waals surface area contributed by atoms with Crippen LogP contribution in [0.2, 0.25) is 0 Å². The van der Waals surface area contributed by atoms with Gasteiger partial charge in [0.15, 0.2) is 0 Å². The number of ketones is 1. The van der Waals surface area contributed by atoms with Crippen LogP contribution >= 0.6 is 0 Å². The molecule has 1 aliphatic carbocycles. The van der Waals surface area contributed by atoms with Crippen LogP contribution in [0.25, 0.3) is 0 Å².